The first-order chi connectivity index (χ1) is 18.5. The maximum atomic E-state index is 13.3. The third kappa shape index (κ3) is 5.21. The molecule has 0 radical (unpaired) electrons. The number of phenolic OH excluding ortho intramolecular Hbond substituents is 1. The van der Waals surface area contributed by atoms with Crippen LogP contribution in [0.2, 0.25) is 10.0 Å². The normalized spacial score (nSPS) is 15.7. The van der Waals surface area contributed by atoms with Crippen molar-refractivity contribution >= 4 is 51.3 Å². The number of hydrogen-bond acceptors (Lipinski definition) is 6. The Bertz CT molecular complexity index is 1510. The number of fused-ring (bicyclic) bond motifs is 1. The summed E-state index contributed by atoms with van der Waals surface area (Å²) in [6, 6.07) is 11.3. The van der Waals surface area contributed by atoms with E-state index in [1.165, 1.54) is 25.9 Å². The minimum absolute atomic E-state index is 0.0533. The van der Waals surface area contributed by atoms with Crippen LogP contribution in [0.3, 0.4) is 0 Å². The second-order valence-electron chi connectivity index (χ2n) is 10.2. The minimum Gasteiger partial charge on any atom is -0.505 e. The fourth-order valence-electron chi connectivity index (χ4n) is 5.12. The molecule has 2 aromatic carbocycles. The number of phenols is 1. The molecule has 0 atom stereocenters. The highest BCUT2D eigenvalue weighted by molar-refractivity contribution is 6.37. The van der Waals surface area contributed by atoms with E-state index in [9.17, 15) is 9.90 Å². The Morgan fingerprint density at radius 3 is 2.50 bits per heavy atom. The monoisotopic (exact) mass is 546 g/mol. The van der Waals surface area contributed by atoms with Gasteiger partial charge < -0.3 is 15.3 Å². The highest BCUT2D eigenvalue weighted by Crippen LogP contribution is 2.40. The van der Waals surface area contributed by atoms with Crippen LogP contribution >= 0.6 is 23.2 Å². The van der Waals surface area contributed by atoms with E-state index in [4.69, 9.17) is 23.2 Å². The van der Waals surface area contributed by atoms with Crippen LogP contribution in [0, 0.1) is 5.92 Å². The Morgan fingerprint density at radius 1 is 1.00 bits per heavy atom. The van der Waals surface area contributed by atoms with Crippen molar-refractivity contribution in [2.75, 3.05) is 25.0 Å². The van der Waals surface area contributed by atoms with Crippen LogP contribution in [-0.2, 0) is 6.42 Å². The minimum atomic E-state index is -0.142. The molecular formula is C30H28Cl2N4O2. The number of hydrogen-bond donors (Lipinski definition) is 2. The molecule has 2 aromatic heterocycles. The van der Waals surface area contributed by atoms with Crippen molar-refractivity contribution in [2.45, 2.75) is 32.1 Å². The number of carbonyl (C=O) groups is 1. The molecule has 2 aliphatic rings. The lowest BCUT2D eigenvalue weighted by atomic mass is 9.98. The number of ketones is 1. The van der Waals surface area contributed by atoms with Crippen molar-refractivity contribution in [3.05, 3.63) is 76.2 Å². The molecule has 0 amide bonds. The number of anilines is 2. The third-order valence-corrected chi connectivity index (χ3v) is 7.99. The van der Waals surface area contributed by atoms with E-state index in [0.717, 1.165) is 64.8 Å². The molecule has 38 heavy (non-hydrogen) atoms. The molecule has 2 N–H and O–H groups in total. The van der Waals surface area contributed by atoms with Gasteiger partial charge in [-0.3, -0.25) is 14.8 Å². The van der Waals surface area contributed by atoms with Crippen molar-refractivity contribution in [1.82, 2.24) is 14.9 Å². The van der Waals surface area contributed by atoms with Crippen molar-refractivity contribution in [2.24, 2.45) is 5.92 Å². The van der Waals surface area contributed by atoms with E-state index in [1.807, 2.05) is 24.4 Å². The zero-order valence-corrected chi connectivity index (χ0v) is 22.4. The summed E-state index contributed by atoms with van der Waals surface area (Å²) in [6.07, 6.45) is 10.7. The lowest BCUT2D eigenvalue weighted by Gasteiger charge is -2.17. The molecule has 0 spiro atoms. The zero-order valence-electron chi connectivity index (χ0n) is 20.9. The summed E-state index contributed by atoms with van der Waals surface area (Å²) in [7, 11) is 0. The molecule has 6 nitrogen and oxygen atoms in total. The summed E-state index contributed by atoms with van der Waals surface area (Å²) < 4.78 is 0. The predicted octanol–water partition coefficient (Wildman–Crippen LogP) is 7.28. The molecule has 8 heteroatoms. The molecule has 0 bridgehead atoms. The van der Waals surface area contributed by atoms with E-state index >= 15 is 0 Å². The van der Waals surface area contributed by atoms with E-state index < -0.39 is 0 Å². The summed E-state index contributed by atoms with van der Waals surface area (Å²) >= 11 is 12.4. The van der Waals surface area contributed by atoms with Crippen LogP contribution in [0.5, 0.6) is 5.75 Å². The first-order valence-corrected chi connectivity index (χ1v) is 13.8. The van der Waals surface area contributed by atoms with E-state index in [-0.39, 0.29) is 27.5 Å². The van der Waals surface area contributed by atoms with Crippen molar-refractivity contribution < 1.29 is 9.90 Å². The first kappa shape index (κ1) is 25.1. The number of aromatic hydroxyl groups is 1. The summed E-state index contributed by atoms with van der Waals surface area (Å²) in [5.74, 6) is 0.0233. The van der Waals surface area contributed by atoms with Gasteiger partial charge in [0.15, 0.2) is 11.5 Å². The summed E-state index contributed by atoms with van der Waals surface area (Å²) in [4.78, 5) is 24.9. The largest absolute Gasteiger partial charge is 0.505 e. The van der Waals surface area contributed by atoms with Gasteiger partial charge in [0.25, 0.3) is 0 Å². The number of carbonyl (C=O) groups excluding carboxylic acids is 1. The molecule has 4 aromatic rings. The molecule has 1 saturated carbocycles. The number of Topliss-reactive ketones (excluding diaryl/α,β-unsaturated/α-hetero) is 1. The number of nitrogens with one attached hydrogen (secondary N) is 1. The van der Waals surface area contributed by atoms with Gasteiger partial charge in [0, 0.05) is 30.2 Å². The number of likely N-dealkylation sites (tertiary alicyclic amines) is 1. The summed E-state index contributed by atoms with van der Waals surface area (Å²) in [5.41, 5.74) is 5.67. The molecule has 1 aliphatic carbocycles. The molecule has 3 heterocycles. The van der Waals surface area contributed by atoms with Gasteiger partial charge in [0.05, 0.1) is 38.7 Å². The van der Waals surface area contributed by atoms with Gasteiger partial charge in [-0.25, -0.2) is 0 Å². The van der Waals surface area contributed by atoms with Gasteiger partial charge >= 0.3 is 0 Å². The second-order valence-corrected chi connectivity index (χ2v) is 11.0. The van der Waals surface area contributed by atoms with E-state index in [1.54, 1.807) is 24.5 Å². The second kappa shape index (κ2) is 10.5. The summed E-state index contributed by atoms with van der Waals surface area (Å²) in [5, 5.41) is 14.7. The van der Waals surface area contributed by atoms with Crippen LogP contribution in [0.4, 0.5) is 11.4 Å². The van der Waals surface area contributed by atoms with Crippen molar-refractivity contribution in [3.8, 4) is 16.9 Å². The third-order valence-electron chi connectivity index (χ3n) is 7.41. The Kier molecular flexibility index (Phi) is 6.95. The Morgan fingerprint density at radius 2 is 1.76 bits per heavy atom. The maximum Gasteiger partial charge on any atom is 0.169 e. The Hall–Kier alpha value is -3.19. The van der Waals surface area contributed by atoms with Gasteiger partial charge in [-0.15, -0.1) is 0 Å². The lowest BCUT2D eigenvalue weighted by molar-refractivity contribution is 0.0968. The topological polar surface area (TPSA) is 78.3 Å². The van der Waals surface area contributed by atoms with E-state index in [0.29, 0.717) is 5.56 Å². The number of aromatic nitrogens is 2. The fourth-order valence-corrected chi connectivity index (χ4v) is 5.61. The summed E-state index contributed by atoms with van der Waals surface area (Å²) in [6.45, 7) is 3.36. The number of pyridine rings is 2. The van der Waals surface area contributed by atoms with Crippen LogP contribution in [0.15, 0.2) is 55.0 Å². The molecule has 1 saturated heterocycles. The fraction of sp³-hybridized carbons (Fsp3) is 0.300. The maximum absolute atomic E-state index is 13.3. The smallest absolute Gasteiger partial charge is 0.169 e. The number of benzene rings is 2. The molecular weight excluding hydrogens is 519 g/mol. The molecule has 194 valence electrons. The Labute approximate surface area is 231 Å². The highest BCUT2D eigenvalue weighted by Gasteiger charge is 2.32. The zero-order chi connectivity index (χ0) is 26.2. The van der Waals surface area contributed by atoms with Gasteiger partial charge in [-0.1, -0.05) is 29.3 Å². The van der Waals surface area contributed by atoms with Gasteiger partial charge in [-0.05, 0) is 92.2 Å². The van der Waals surface area contributed by atoms with Crippen LogP contribution in [-0.4, -0.2) is 45.4 Å². The van der Waals surface area contributed by atoms with Crippen LogP contribution in [0.1, 0.15) is 41.6 Å². The number of halogens is 2. The molecule has 0 unspecified atom stereocenters. The first-order valence-electron chi connectivity index (χ1n) is 13.0. The van der Waals surface area contributed by atoms with Crippen molar-refractivity contribution in [3.63, 3.8) is 0 Å². The SMILES string of the molecule is O=C(c1cnc2ccc(-c3cc(Cl)c(O)c(Cl)c3)cc2c1Nc1cncc(CCN2CCCC2)c1)C1CC1. The average Bonchev–Trinajstić information content (AvgIpc) is 3.65. The molecule has 2 fully saturated rings. The molecule has 1 aliphatic heterocycles. The van der Waals surface area contributed by atoms with Crippen molar-refractivity contribution in [1.29, 1.82) is 0 Å². The van der Waals surface area contributed by atoms with Gasteiger partial charge in [-0.2, -0.15) is 0 Å². The highest BCUT2D eigenvalue weighted by atomic mass is 35.5. The molecule has 6 rings (SSSR count). The quantitative estimate of drug-likeness (QED) is 0.226. The number of rotatable bonds is 8. The van der Waals surface area contributed by atoms with Gasteiger partial charge in [0.2, 0.25) is 0 Å². The number of nitrogens with zero attached hydrogens (tertiary/aromatic N) is 3. The van der Waals surface area contributed by atoms with Crippen LogP contribution < -0.4 is 5.32 Å². The van der Waals surface area contributed by atoms with E-state index in [2.05, 4.69) is 26.3 Å². The Balaban J connectivity index is 1.39. The van der Waals surface area contributed by atoms with Crippen LogP contribution in [0.25, 0.3) is 22.0 Å². The average molecular weight is 547 g/mol. The predicted molar refractivity (Wildman–Crippen MR) is 153 cm³/mol. The van der Waals surface area contributed by atoms with Gasteiger partial charge in [0.1, 0.15) is 0 Å². The standard InChI is InChI=1S/C30H28Cl2N4O2/c31-25-13-21(14-26(32)30(25)38)20-5-6-27-23(12-20)28(24(17-34-27)29(37)19-3-4-19)35-22-11-18(15-33-16-22)7-10-36-8-1-2-9-36/h5-6,11-17,19,38H,1-4,7-10H2,(H,34,35). The lowest BCUT2D eigenvalue weighted by Crippen LogP contribution is -2.22.